The third kappa shape index (κ3) is 4.64. The van der Waals surface area contributed by atoms with Crippen molar-refractivity contribution >= 4 is 16.6 Å². The van der Waals surface area contributed by atoms with Gasteiger partial charge in [-0.15, -0.1) is 0 Å². The Hall–Kier alpha value is -2.21. The van der Waals surface area contributed by atoms with E-state index in [4.69, 9.17) is 4.74 Å². The van der Waals surface area contributed by atoms with Gasteiger partial charge in [-0.1, -0.05) is 37.3 Å². The number of H-pyrrole nitrogens is 1. The molecule has 1 aromatic carbocycles. The van der Waals surface area contributed by atoms with Gasteiger partial charge in [0.15, 0.2) is 11.5 Å². The number of benzene rings is 1. The molecular formula is C18H21NO4S. The predicted molar refractivity (Wildman–Crippen MR) is 94.9 cm³/mol. The molecule has 2 rings (SSSR count). The van der Waals surface area contributed by atoms with E-state index in [-0.39, 0.29) is 22.7 Å². The molecule has 0 aliphatic rings. The number of Topliss-reactive ketones (excluding diaryl/α,β-unsaturated/α-hetero) is 1. The number of carbonyl (C=O) groups is 1. The van der Waals surface area contributed by atoms with Crippen molar-refractivity contribution in [2.24, 2.45) is 0 Å². The number of ether oxygens (including phenoxy) is 1. The minimum atomic E-state index is -1.43. The molecule has 2 unspecified atom stereocenters. The Morgan fingerprint density at radius 2 is 2.00 bits per heavy atom. The van der Waals surface area contributed by atoms with Gasteiger partial charge in [-0.25, -0.2) is 0 Å². The van der Waals surface area contributed by atoms with Gasteiger partial charge in [-0.3, -0.25) is 13.8 Å². The zero-order chi connectivity index (χ0) is 17.5. The molecule has 6 heteroatoms. The van der Waals surface area contributed by atoms with Crippen LogP contribution in [0.15, 0.2) is 47.4 Å². The van der Waals surface area contributed by atoms with E-state index in [2.05, 4.69) is 4.98 Å². The number of ketones is 1. The fourth-order valence-corrected chi connectivity index (χ4v) is 3.24. The summed E-state index contributed by atoms with van der Waals surface area (Å²) in [6.07, 6.45) is 2.29. The molecule has 0 spiro atoms. The van der Waals surface area contributed by atoms with E-state index < -0.39 is 16.0 Å². The van der Waals surface area contributed by atoms with E-state index in [1.807, 2.05) is 13.0 Å². The monoisotopic (exact) mass is 347 g/mol. The molecular weight excluding hydrogens is 326 g/mol. The highest BCUT2D eigenvalue weighted by atomic mass is 32.2. The van der Waals surface area contributed by atoms with E-state index in [9.17, 15) is 13.8 Å². The lowest BCUT2D eigenvalue weighted by molar-refractivity contribution is 0.0992. The van der Waals surface area contributed by atoms with Crippen molar-refractivity contribution in [3.8, 4) is 5.75 Å². The molecule has 24 heavy (non-hydrogen) atoms. The number of aromatic amines is 1. The van der Waals surface area contributed by atoms with Crippen LogP contribution in [-0.4, -0.2) is 26.8 Å². The van der Waals surface area contributed by atoms with Gasteiger partial charge in [0.05, 0.1) is 17.6 Å². The van der Waals surface area contributed by atoms with Gasteiger partial charge >= 0.3 is 0 Å². The number of carbonyl (C=O) groups excluding carboxylic acids is 1. The normalized spacial score (nSPS) is 13.2. The van der Waals surface area contributed by atoms with Crippen molar-refractivity contribution < 1.29 is 13.7 Å². The Morgan fingerprint density at radius 3 is 2.62 bits per heavy atom. The second-order valence-corrected chi connectivity index (χ2v) is 7.19. The van der Waals surface area contributed by atoms with Crippen molar-refractivity contribution in [3.05, 3.63) is 64.1 Å². The van der Waals surface area contributed by atoms with Gasteiger partial charge in [-0.05, 0) is 13.3 Å². The largest absolute Gasteiger partial charge is 0.488 e. The fraction of sp³-hybridized carbons (Fsp3) is 0.333. The Labute approximate surface area is 143 Å². The van der Waals surface area contributed by atoms with Gasteiger partial charge in [0.2, 0.25) is 5.43 Å². The average Bonchev–Trinajstić information content (AvgIpc) is 2.60. The highest BCUT2D eigenvalue weighted by Crippen LogP contribution is 2.12. The third-order valence-corrected chi connectivity index (χ3v) is 5.12. The third-order valence-electron chi connectivity index (χ3n) is 3.52. The van der Waals surface area contributed by atoms with Crippen molar-refractivity contribution in [2.75, 3.05) is 6.61 Å². The molecule has 2 atom stereocenters. The molecule has 5 nitrogen and oxygen atoms in total. The van der Waals surface area contributed by atoms with Crippen molar-refractivity contribution in [1.82, 2.24) is 4.98 Å². The zero-order valence-electron chi connectivity index (χ0n) is 13.8. The highest BCUT2D eigenvalue weighted by Gasteiger charge is 2.21. The first-order valence-corrected chi connectivity index (χ1v) is 9.22. The lowest BCUT2D eigenvalue weighted by atomic mass is 10.1. The van der Waals surface area contributed by atoms with Gasteiger partial charge in [0.25, 0.3) is 0 Å². The summed E-state index contributed by atoms with van der Waals surface area (Å²) in [6.45, 7) is 4.07. The molecule has 2 aromatic rings. The Balaban J connectivity index is 2.05. The molecule has 0 bridgehead atoms. The van der Waals surface area contributed by atoms with E-state index in [1.54, 1.807) is 31.2 Å². The Morgan fingerprint density at radius 1 is 1.29 bits per heavy atom. The molecule has 1 N–H and O–H groups in total. The fourth-order valence-electron chi connectivity index (χ4n) is 2.14. The topological polar surface area (TPSA) is 76.2 Å². The minimum Gasteiger partial charge on any atom is -0.488 e. The summed E-state index contributed by atoms with van der Waals surface area (Å²) < 4.78 is 17.7. The number of rotatable bonds is 8. The number of nitrogens with one attached hydrogen (secondary N) is 1. The second-order valence-electron chi connectivity index (χ2n) is 5.43. The summed E-state index contributed by atoms with van der Waals surface area (Å²) in [5, 5.41) is -0.646. The zero-order valence-corrected chi connectivity index (χ0v) is 14.6. The molecule has 0 fully saturated rings. The first kappa shape index (κ1) is 18.1. The van der Waals surface area contributed by atoms with Crippen LogP contribution in [0.1, 0.15) is 36.3 Å². The lowest BCUT2D eigenvalue weighted by Gasteiger charge is -2.11. The maximum absolute atomic E-state index is 12.4. The highest BCUT2D eigenvalue weighted by molar-refractivity contribution is 7.85. The summed E-state index contributed by atoms with van der Waals surface area (Å²) in [4.78, 5) is 27.2. The molecule has 0 amide bonds. The van der Waals surface area contributed by atoms with E-state index in [0.29, 0.717) is 17.9 Å². The molecule has 0 saturated carbocycles. The first-order valence-electron chi connectivity index (χ1n) is 7.83. The van der Waals surface area contributed by atoms with Gasteiger partial charge in [0, 0.05) is 34.3 Å². The smallest absolute Gasteiger partial charge is 0.223 e. The number of aromatic nitrogens is 1. The Kier molecular flexibility index (Phi) is 6.49. The maximum atomic E-state index is 12.4. The molecule has 0 saturated heterocycles. The molecule has 0 aliphatic heterocycles. The van der Waals surface area contributed by atoms with Crippen molar-refractivity contribution in [3.63, 3.8) is 0 Å². The van der Waals surface area contributed by atoms with E-state index in [0.717, 1.165) is 6.42 Å². The van der Waals surface area contributed by atoms with Crippen LogP contribution in [-0.2, 0) is 16.6 Å². The Bertz CT molecular complexity index is 770. The van der Waals surface area contributed by atoms with E-state index >= 15 is 0 Å². The summed E-state index contributed by atoms with van der Waals surface area (Å²) in [5.41, 5.74) is 0.807. The van der Waals surface area contributed by atoms with Crippen LogP contribution in [0.4, 0.5) is 0 Å². The van der Waals surface area contributed by atoms with Crippen LogP contribution in [0.2, 0.25) is 0 Å². The average molecular weight is 347 g/mol. The van der Waals surface area contributed by atoms with Crippen LogP contribution in [0.3, 0.4) is 0 Å². The van der Waals surface area contributed by atoms with Crippen LogP contribution < -0.4 is 10.2 Å². The molecule has 0 radical (unpaired) electrons. The first-order chi connectivity index (χ1) is 11.5. The van der Waals surface area contributed by atoms with Crippen LogP contribution in [0.5, 0.6) is 5.75 Å². The summed E-state index contributed by atoms with van der Waals surface area (Å²) >= 11 is 0. The molecule has 1 aromatic heterocycles. The standard InChI is InChI=1S/C18H21NO4S/c1-3-9-23-17-11-19-15(10-16(17)20)12-24(22)13(2)18(21)14-7-5-4-6-8-14/h4-8,10-11,13H,3,9,12H2,1-2H3,(H,19,20). The van der Waals surface area contributed by atoms with Crippen molar-refractivity contribution in [2.45, 2.75) is 31.3 Å². The van der Waals surface area contributed by atoms with Crippen LogP contribution in [0, 0.1) is 0 Å². The second kappa shape index (κ2) is 8.59. The quantitative estimate of drug-likeness (QED) is 0.745. The van der Waals surface area contributed by atoms with Gasteiger partial charge in [0.1, 0.15) is 0 Å². The lowest BCUT2D eigenvalue weighted by Crippen LogP contribution is -2.24. The predicted octanol–water partition coefficient (Wildman–Crippen LogP) is 2.68. The van der Waals surface area contributed by atoms with E-state index in [1.165, 1.54) is 12.3 Å². The minimum absolute atomic E-state index is 0.114. The number of hydrogen-bond acceptors (Lipinski definition) is 4. The van der Waals surface area contributed by atoms with Crippen LogP contribution >= 0.6 is 0 Å². The summed E-state index contributed by atoms with van der Waals surface area (Å²) in [5.74, 6) is 0.197. The van der Waals surface area contributed by atoms with Crippen LogP contribution in [0.25, 0.3) is 0 Å². The summed E-state index contributed by atoms with van der Waals surface area (Å²) in [6, 6.07) is 10.2. The number of pyridine rings is 1. The molecule has 1 heterocycles. The van der Waals surface area contributed by atoms with Crippen molar-refractivity contribution in [1.29, 1.82) is 0 Å². The van der Waals surface area contributed by atoms with Gasteiger partial charge in [-0.2, -0.15) is 0 Å². The molecule has 128 valence electrons. The summed E-state index contributed by atoms with van der Waals surface area (Å²) in [7, 11) is -1.43. The molecule has 0 aliphatic carbocycles. The number of hydrogen-bond donors (Lipinski definition) is 1. The SMILES string of the molecule is CCCOc1c[nH]c(CS(=O)C(C)C(=O)c2ccccc2)cc1=O. The maximum Gasteiger partial charge on any atom is 0.223 e. The van der Waals surface area contributed by atoms with Gasteiger partial charge < -0.3 is 9.72 Å².